The number of rotatable bonds is 19. The lowest BCUT2D eigenvalue weighted by molar-refractivity contribution is -0.0417. The van der Waals surface area contributed by atoms with E-state index in [-0.39, 0.29) is 59.6 Å². The van der Waals surface area contributed by atoms with Crippen molar-refractivity contribution >= 4 is 18.3 Å². The van der Waals surface area contributed by atoms with Gasteiger partial charge in [-0.3, -0.25) is 9.80 Å². The van der Waals surface area contributed by atoms with Gasteiger partial charge in [0.05, 0.1) is 12.2 Å². The Labute approximate surface area is 423 Å². The first-order chi connectivity index (χ1) is 32.6. The van der Waals surface area contributed by atoms with Gasteiger partial charge in [-0.15, -0.1) is 0 Å². The van der Waals surface area contributed by atoms with Gasteiger partial charge in [0.2, 0.25) is 0 Å². The molecule has 3 N–H and O–H groups in total. The minimum absolute atomic E-state index is 0.0164. The van der Waals surface area contributed by atoms with Crippen LogP contribution in [-0.2, 0) is 38.6 Å². The lowest BCUT2D eigenvalue weighted by Gasteiger charge is -2.48. The Morgan fingerprint density at radius 2 is 0.831 bits per heavy atom. The topological polar surface area (TPSA) is 196 Å². The number of amides is 3. The molecule has 5 fully saturated rings. The van der Waals surface area contributed by atoms with Gasteiger partial charge in [0, 0.05) is 83.4 Å². The zero-order valence-corrected chi connectivity index (χ0v) is 46.1. The maximum atomic E-state index is 15.2. The number of nitrogens with zero attached hydrogens (tertiary/aromatic N) is 5. The smallest absolute Gasteiger partial charge is 0.407 e. The van der Waals surface area contributed by atoms with Crippen LogP contribution in [0.4, 0.5) is 14.4 Å². The van der Waals surface area contributed by atoms with Crippen molar-refractivity contribution in [1.29, 1.82) is 0 Å². The molecule has 0 radical (unpaired) electrons. The molecule has 0 aromatic carbocycles. The van der Waals surface area contributed by atoms with Gasteiger partial charge >= 0.3 is 35.3 Å². The molecule has 5 aliphatic rings. The van der Waals surface area contributed by atoms with Crippen LogP contribution in [-0.4, -0.2) is 130 Å². The van der Waals surface area contributed by atoms with Gasteiger partial charge in [-0.25, -0.2) is 42.5 Å². The maximum absolute atomic E-state index is 15.2. The van der Waals surface area contributed by atoms with E-state index in [1.165, 1.54) is 13.7 Å². The van der Waals surface area contributed by atoms with E-state index in [2.05, 4.69) is 88.1 Å². The Balaban J connectivity index is 1.30. The summed E-state index contributed by atoms with van der Waals surface area (Å²) in [7, 11) is 0. The first-order valence-electron chi connectivity index (χ1n) is 26.5. The Morgan fingerprint density at radius 1 is 0.507 bits per heavy atom. The van der Waals surface area contributed by atoms with Crippen molar-refractivity contribution in [3.8, 4) is 0 Å². The molecular weight excluding hydrogens is 909 g/mol. The number of ether oxygens (including phenoxy) is 4. The summed E-state index contributed by atoms with van der Waals surface area (Å²) in [6, 6.07) is -0.860. The zero-order valence-electron chi connectivity index (χ0n) is 46.1. The van der Waals surface area contributed by atoms with Gasteiger partial charge in [0.1, 0.15) is 18.8 Å². The fourth-order valence-corrected chi connectivity index (χ4v) is 13.4. The van der Waals surface area contributed by atoms with E-state index in [0.717, 1.165) is 26.2 Å². The molecule has 6 atom stereocenters. The third-order valence-corrected chi connectivity index (χ3v) is 15.3. The standard InChI is InChI=1S/C53H92N8O10/c1-46(2,3)70-22-15-50(10,11)71-42(64)56-39-27-49(8,9)33-53(14,30-39)36-61-44(66)59(34-51(12)28-37(25-47(4,5)31-51)54-40(62)68-23-20-57-16-17-57)43(65)60(45(61)67)35-52(13)29-38(26-48(6,7)32-52)55-41(63)69-24-21-58-18-19-58/h37-39H,15-36H2,1-14H3,(H,54,62)(H,55,63)(H,56,64). The fraction of sp³-hybridized carbons (Fsp3) is 0.887. The molecule has 2 aliphatic heterocycles. The van der Waals surface area contributed by atoms with Crippen LogP contribution in [0.3, 0.4) is 0 Å². The van der Waals surface area contributed by atoms with Crippen molar-refractivity contribution in [2.45, 2.75) is 210 Å². The molecule has 2 saturated heterocycles. The fourth-order valence-electron chi connectivity index (χ4n) is 13.4. The number of nitrogens with one attached hydrogen (secondary N) is 3. The van der Waals surface area contributed by atoms with Crippen LogP contribution >= 0.6 is 0 Å². The third-order valence-electron chi connectivity index (χ3n) is 15.3. The van der Waals surface area contributed by atoms with E-state index >= 15 is 14.4 Å². The Hall–Kier alpha value is -3.90. The summed E-state index contributed by atoms with van der Waals surface area (Å²) in [6.45, 7) is 35.2. The molecule has 6 unspecified atom stereocenters. The molecule has 0 spiro atoms. The molecule has 3 saturated carbocycles. The molecule has 6 rings (SSSR count). The highest BCUT2D eigenvalue weighted by Crippen LogP contribution is 2.49. The van der Waals surface area contributed by atoms with Crippen molar-refractivity contribution in [3.05, 3.63) is 31.5 Å². The highest BCUT2D eigenvalue weighted by molar-refractivity contribution is 5.68. The van der Waals surface area contributed by atoms with Crippen molar-refractivity contribution in [2.75, 3.05) is 59.1 Å². The summed E-state index contributed by atoms with van der Waals surface area (Å²) in [5, 5.41) is 9.32. The zero-order chi connectivity index (χ0) is 52.6. The molecule has 1 aromatic rings. The average molecular weight is 1000 g/mol. The van der Waals surface area contributed by atoms with E-state index in [4.69, 9.17) is 18.9 Å². The number of aromatic nitrogens is 3. The van der Waals surface area contributed by atoms with Crippen LogP contribution in [0.5, 0.6) is 0 Å². The Morgan fingerprint density at radius 3 is 1.14 bits per heavy atom. The third kappa shape index (κ3) is 17.1. The summed E-state index contributed by atoms with van der Waals surface area (Å²) in [4.78, 5) is 89.5. The number of carbonyl (C=O) groups is 3. The van der Waals surface area contributed by atoms with Gasteiger partial charge in [0.25, 0.3) is 0 Å². The molecule has 18 nitrogen and oxygen atoms in total. The van der Waals surface area contributed by atoms with Crippen molar-refractivity contribution < 1.29 is 33.3 Å². The van der Waals surface area contributed by atoms with E-state index < -0.39 is 57.2 Å². The molecule has 3 aliphatic carbocycles. The van der Waals surface area contributed by atoms with Gasteiger partial charge in [0.15, 0.2) is 0 Å². The average Bonchev–Trinajstić information content (AvgIpc) is 4.11. The highest BCUT2D eigenvalue weighted by Gasteiger charge is 2.47. The van der Waals surface area contributed by atoms with E-state index in [9.17, 15) is 14.4 Å². The summed E-state index contributed by atoms with van der Waals surface area (Å²) in [5.74, 6) is 0. The molecule has 404 valence electrons. The second-order valence-electron chi connectivity index (χ2n) is 27.6. The quantitative estimate of drug-likeness (QED) is 0.0980. The molecular formula is C53H92N8O10. The van der Waals surface area contributed by atoms with Gasteiger partial charge in [-0.05, 0) is 125 Å². The van der Waals surface area contributed by atoms with E-state index in [1.807, 2.05) is 34.6 Å². The summed E-state index contributed by atoms with van der Waals surface area (Å²) < 4.78 is 26.8. The Kier molecular flexibility index (Phi) is 16.8. The predicted molar refractivity (Wildman–Crippen MR) is 274 cm³/mol. The van der Waals surface area contributed by atoms with Gasteiger partial charge in [-0.2, -0.15) is 0 Å². The largest absolute Gasteiger partial charge is 0.448 e. The number of alkyl carbamates (subject to hydrolysis) is 3. The van der Waals surface area contributed by atoms with Crippen molar-refractivity contribution in [1.82, 2.24) is 39.5 Å². The number of carbonyl (C=O) groups excluding carboxylic acids is 3. The lowest BCUT2D eigenvalue weighted by Crippen LogP contribution is -2.60. The molecule has 1 aromatic heterocycles. The molecule has 3 heterocycles. The molecule has 0 bridgehead atoms. The minimum atomic E-state index is -0.788. The summed E-state index contributed by atoms with van der Waals surface area (Å²) >= 11 is 0. The second-order valence-corrected chi connectivity index (χ2v) is 27.6. The predicted octanol–water partition coefficient (Wildman–Crippen LogP) is 6.72. The lowest BCUT2D eigenvalue weighted by atomic mass is 9.62. The Bertz CT molecular complexity index is 2140. The highest BCUT2D eigenvalue weighted by atomic mass is 16.6. The van der Waals surface area contributed by atoms with Crippen LogP contribution in [0.2, 0.25) is 0 Å². The summed E-state index contributed by atoms with van der Waals surface area (Å²) in [6.07, 6.45) is 4.48. The molecule has 18 heteroatoms. The monoisotopic (exact) mass is 1000 g/mol. The van der Waals surface area contributed by atoms with Crippen molar-refractivity contribution in [3.63, 3.8) is 0 Å². The van der Waals surface area contributed by atoms with Crippen LogP contribution < -0.4 is 33.0 Å². The van der Waals surface area contributed by atoms with E-state index in [1.54, 1.807) is 0 Å². The van der Waals surface area contributed by atoms with Crippen LogP contribution in [0.15, 0.2) is 14.4 Å². The number of hydrogen-bond acceptors (Lipinski definition) is 12. The SMILES string of the molecule is CC1(C)CC(NC(=O)OCCN2CC2)CC(C)(Cn2c(=O)n(CC3(C)CC(NC(=O)OCCN4CC4)CC(C)(C)C3)c(=O)n(CC3(C)CC(NC(=O)OC(C)(C)CCOC(C)(C)C)CC(C)(C)C3)c2=O)C1. The van der Waals surface area contributed by atoms with Gasteiger partial charge < -0.3 is 34.9 Å². The van der Waals surface area contributed by atoms with Crippen LogP contribution in [0.25, 0.3) is 0 Å². The summed E-state index contributed by atoms with van der Waals surface area (Å²) in [5.41, 5.74) is -5.88. The van der Waals surface area contributed by atoms with E-state index in [0.29, 0.717) is 97.1 Å². The molecule has 71 heavy (non-hydrogen) atoms. The number of hydrogen-bond donors (Lipinski definition) is 3. The molecule has 3 amide bonds. The normalized spacial score (nSPS) is 29.4. The minimum Gasteiger partial charge on any atom is -0.448 e. The second kappa shape index (κ2) is 21.1. The van der Waals surface area contributed by atoms with Crippen LogP contribution in [0.1, 0.15) is 161 Å². The first kappa shape index (κ1) is 56.4. The maximum Gasteiger partial charge on any atom is 0.407 e. The van der Waals surface area contributed by atoms with Gasteiger partial charge in [-0.1, -0.05) is 62.3 Å². The van der Waals surface area contributed by atoms with Crippen LogP contribution in [0, 0.1) is 32.5 Å². The van der Waals surface area contributed by atoms with Crippen molar-refractivity contribution in [2.24, 2.45) is 32.5 Å². The first-order valence-corrected chi connectivity index (χ1v) is 26.5.